The van der Waals surface area contributed by atoms with Crippen molar-refractivity contribution >= 4 is 11.6 Å². The Labute approximate surface area is 95.3 Å². The van der Waals surface area contributed by atoms with E-state index in [4.69, 9.17) is 16.9 Å². The van der Waals surface area contributed by atoms with E-state index in [-0.39, 0.29) is 5.69 Å². The number of hydrogen-bond acceptors (Lipinski definition) is 1. The van der Waals surface area contributed by atoms with E-state index >= 15 is 0 Å². The van der Waals surface area contributed by atoms with Gasteiger partial charge in [-0.15, -0.1) is 0 Å². The van der Waals surface area contributed by atoms with Crippen molar-refractivity contribution in [3.63, 3.8) is 0 Å². The minimum Gasteiger partial charge on any atom is -0.320 e. The Morgan fingerprint density at radius 2 is 2.00 bits per heavy atom. The van der Waals surface area contributed by atoms with Gasteiger partial charge in [-0.25, -0.2) is 8.78 Å². The van der Waals surface area contributed by atoms with Crippen LogP contribution >= 0.6 is 11.6 Å². The zero-order valence-electron chi connectivity index (χ0n) is 7.92. The molecule has 0 N–H and O–H groups in total. The first-order valence-electron chi connectivity index (χ1n) is 4.35. The highest BCUT2D eigenvalue weighted by molar-refractivity contribution is 6.31. The van der Waals surface area contributed by atoms with E-state index in [1.54, 1.807) is 0 Å². The smallest absolute Gasteiger partial charge is 0.168 e. The quantitative estimate of drug-likeness (QED) is 0.701. The van der Waals surface area contributed by atoms with Gasteiger partial charge in [-0.3, -0.25) is 0 Å². The molecule has 0 aliphatic carbocycles. The highest BCUT2D eigenvalue weighted by Gasteiger charge is 2.12. The number of benzene rings is 1. The molecule has 0 saturated carbocycles. The number of hydrogen-bond donors (Lipinski definition) is 0. The molecule has 1 aromatic heterocycles. The van der Waals surface area contributed by atoms with Crippen LogP contribution in [-0.2, 0) is 0 Å². The summed E-state index contributed by atoms with van der Waals surface area (Å²) in [6.07, 6.45) is 2.94. The van der Waals surface area contributed by atoms with Gasteiger partial charge in [0.2, 0.25) is 0 Å². The summed E-state index contributed by atoms with van der Waals surface area (Å²) < 4.78 is 27.9. The number of nitrogens with zero attached hydrogens (tertiary/aromatic N) is 2. The van der Waals surface area contributed by atoms with Gasteiger partial charge in [-0.2, -0.15) is 5.26 Å². The van der Waals surface area contributed by atoms with E-state index in [2.05, 4.69) is 0 Å². The Morgan fingerprint density at radius 3 is 2.62 bits per heavy atom. The molecular formula is C11H5ClF2N2. The number of rotatable bonds is 1. The third kappa shape index (κ3) is 1.66. The van der Waals surface area contributed by atoms with Crippen LogP contribution < -0.4 is 0 Å². The molecule has 80 valence electrons. The topological polar surface area (TPSA) is 28.7 Å². The fourth-order valence-electron chi connectivity index (χ4n) is 1.33. The van der Waals surface area contributed by atoms with Gasteiger partial charge in [-0.1, -0.05) is 11.6 Å². The molecule has 0 radical (unpaired) electrons. The van der Waals surface area contributed by atoms with Crippen LogP contribution in [0.2, 0.25) is 5.02 Å². The minimum absolute atomic E-state index is 0.105. The standard InChI is InChI=1S/C11H5ClF2N2/c12-10-8(13)1-2-9(11(10)14)16-4-3-7(5-15)6-16/h1-4,6H. The first kappa shape index (κ1) is 10.7. The summed E-state index contributed by atoms with van der Waals surface area (Å²) in [5.41, 5.74) is 0.493. The van der Waals surface area contributed by atoms with E-state index < -0.39 is 16.7 Å². The second-order valence-electron chi connectivity index (χ2n) is 3.11. The lowest BCUT2D eigenvalue weighted by atomic mass is 10.3. The van der Waals surface area contributed by atoms with Crippen molar-refractivity contribution in [1.29, 1.82) is 5.26 Å². The van der Waals surface area contributed by atoms with Gasteiger partial charge in [0, 0.05) is 12.4 Å². The van der Waals surface area contributed by atoms with E-state index in [0.717, 1.165) is 6.07 Å². The number of aromatic nitrogens is 1. The van der Waals surface area contributed by atoms with Gasteiger partial charge in [0.1, 0.15) is 16.9 Å². The molecule has 1 heterocycles. The normalized spacial score (nSPS) is 10.1. The maximum Gasteiger partial charge on any atom is 0.168 e. The monoisotopic (exact) mass is 238 g/mol. The average molecular weight is 239 g/mol. The maximum atomic E-state index is 13.6. The molecule has 0 aliphatic rings. The Balaban J connectivity index is 2.57. The molecule has 2 nitrogen and oxygen atoms in total. The summed E-state index contributed by atoms with van der Waals surface area (Å²) in [7, 11) is 0. The molecule has 2 aromatic rings. The second kappa shape index (κ2) is 3.95. The third-order valence-corrected chi connectivity index (χ3v) is 2.46. The van der Waals surface area contributed by atoms with Crippen molar-refractivity contribution < 1.29 is 8.78 Å². The molecule has 0 unspecified atom stereocenters. The molecule has 5 heteroatoms. The Kier molecular flexibility index (Phi) is 2.63. The Hall–Kier alpha value is -1.86. The zero-order chi connectivity index (χ0) is 11.7. The molecule has 0 atom stereocenters. The predicted molar refractivity (Wildman–Crippen MR) is 55.4 cm³/mol. The van der Waals surface area contributed by atoms with Gasteiger partial charge in [0.15, 0.2) is 5.82 Å². The lowest BCUT2D eigenvalue weighted by Crippen LogP contribution is -1.96. The molecule has 0 amide bonds. The zero-order valence-corrected chi connectivity index (χ0v) is 8.67. The van der Waals surface area contributed by atoms with Crippen LogP contribution in [-0.4, -0.2) is 4.57 Å². The second-order valence-corrected chi connectivity index (χ2v) is 3.49. The van der Waals surface area contributed by atoms with Crippen LogP contribution in [0.4, 0.5) is 8.78 Å². The fourth-order valence-corrected chi connectivity index (χ4v) is 1.49. The largest absolute Gasteiger partial charge is 0.320 e. The Morgan fingerprint density at radius 1 is 1.25 bits per heavy atom. The van der Waals surface area contributed by atoms with Crippen molar-refractivity contribution in [3.8, 4) is 11.8 Å². The first-order chi connectivity index (χ1) is 7.63. The fraction of sp³-hybridized carbons (Fsp3) is 0. The van der Waals surface area contributed by atoms with Crippen molar-refractivity contribution in [3.05, 3.63) is 52.8 Å². The van der Waals surface area contributed by atoms with Crippen molar-refractivity contribution in [2.75, 3.05) is 0 Å². The van der Waals surface area contributed by atoms with Crippen LogP contribution in [0, 0.1) is 23.0 Å². The maximum absolute atomic E-state index is 13.6. The van der Waals surface area contributed by atoms with Gasteiger partial charge in [0.25, 0.3) is 0 Å². The van der Waals surface area contributed by atoms with E-state index in [9.17, 15) is 8.78 Å². The average Bonchev–Trinajstić information content (AvgIpc) is 2.74. The molecule has 16 heavy (non-hydrogen) atoms. The van der Waals surface area contributed by atoms with Crippen molar-refractivity contribution in [1.82, 2.24) is 4.57 Å². The molecule has 2 rings (SSSR count). The van der Waals surface area contributed by atoms with Crippen molar-refractivity contribution in [2.24, 2.45) is 0 Å². The molecule has 0 spiro atoms. The molecule has 0 bridgehead atoms. The molecule has 1 aromatic carbocycles. The van der Waals surface area contributed by atoms with Gasteiger partial charge in [0.05, 0.1) is 11.3 Å². The van der Waals surface area contributed by atoms with Crippen LogP contribution in [0.3, 0.4) is 0 Å². The minimum atomic E-state index is -0.846. The summed E-state index contributed by atoms with van der Waals surface area (Å²) in [4.78, 5) is 0. The lowest BCUT2D eigenvalue weighted by Gasteiger charge is -2.05. The summed E-state index contributed by atoms with van der Waals surface area (Å²) in [5, 5.41) is 8.07. The number of nitriles is 1. The van der Waals surface area contributed by atoms with Crippen LogP contribution in [0.25, 0.3) is 5.69 Å². The Bertz CT molecular complexity index is 584. The third-order valence-electron chi connectivity index (χ3n) is 2.11. The predicted octanol–water partition coefficient (Wildman–Crippen LogP) is 3.28. The summed E-state index contributed by atoms with van der Waals surface area (Å²) in [6.45, 7) is 0. The van der Waals surface area contributed by atoms with E-state index in [1.165, 1.54) is 29.1 Å². The van der Waals surface area contributed by atoms with Crippen LogP contribution in [0.5, 0.6) is 0 Å². The summed E-state index contributed by atoms with van der Waals surface area (Å²) in [5.74, 6) is -1.66. The van der Waals surface area contributed by atoms with Crippen molar-refractivity contribution in [2.45, 2.75) is 0 Å². The first-order valence-corrected chi connectivity index (χ1v) is 4.73. The lowest BCUT2D eigenvalue weighted by molar-refractivity contribution is 0.578. The highest BCUT2D eigenvalue weighted by atomic mass is 35.5. The molecule has 0 saturated heterocycles. The number of halogens is 3. The van der Waals surface area contributed by atoms with Gasteiger partial charge < -0.3 is 4.57 Å². The molecule has 0 aliphatic heterocycles. The van der Waals surface area contributed by atoms with E-state index in [1.807, 2.05) is 6.07 Å². The van der Waals surface area contributed by atoms with Crippen LogP contribution in [0.1, 0.15) is 5.56 Å². The SMILES string of the molecule is N#Cc1ccn(-c2ccc(F)c(Cl)c2F)c1. The van der Waals surface area contributed by atoms with E-state index in [0.29, 0.717) is 5.56 Å². The highest BCUT2D eigenvalue weighted by Crippen LogP contribution is 2.24. The summed E-state index contributed by atoms with van der Waals surface area (Å²) in [6, 6.07) is 5.77. The molecule has 0 fully saturated rings. The van der Waals surface area contributed by atoms with Gasteiger partial charge in [-0.05, 0) is 18.2 Å². The van der Waals surface area contributed by atoms with Crippen LogP contribution in [0.15, 0.2) is 30.6 Å². The van der Waals surface area contributed by atoms with Gasteiger partial charge >= 0.3 is 0 Å². The molecular weight excluding hydrogens is 234 g/mol. The summed E-state index contributed by atoms with van der Waals surface area (Å²) >= 11 is 5.45.